The molecule has 0 aliphatic heterocycles. The topological polar surface area (TPSA) is 78.4 Å². The van der Waals surface area contributed by atoms with Crippen LogP contribution in [0.4, 0.5) is 5.69 Å². The smallest absolute Gasteiger partial charge is 0.283 e. The molecule has 2 N–H and O–H groups in total. The molecule has 1 atom stereocenters. The van der Waals surface area contributed by atoms with Crippen LogP contribution in [0.5, 0.6) is 5.75 Å². The number of nitrogens with zero attached hydrogens (tertiary/aromatic N) is 1. The minimum atomic E-state index is -0.426. The van der Waals surface area contributed by atoms with E-state index in [0.29, 0.717) is 10.2 Å². The van der Waals surface area contributed by atoms with Gasteiger partial charge >= 0.3 is 0 Å². The van der Waals surface area contributed by atoms with Crippen molar-refractivity contribution in [2.75, 3.05) is 0 Å². The van der Waals surface area contributed by atoms with Crippen LogP contribution in [-0.4, -0.2) is 4.92 Å². The van der Waals surface area contributed by atoms with E-state index in [0.717, 1.165) is 11.1 Å². The first kappa shape index (κ1) is 15.5. The highest BCUT2D eigenvalue weighted by atomic mass is 79.9. The first-order valence-electron chi connectivity index (χ1n) is 6.39. The lowest BCUT2D eigenvalue weighted by molar-refractivity contribution is -0.385. The van der Waals surface area contributed by atoms with E-state index in [1.54, 1.807) is 12.1 Å². The van der Waals surface area contributed by atoms with E-state index in [9.17, 15) is 10.1 Å². The molecule has 0 aliphatic rings. The van der Waals surface area contributed by atoms with Gasteiger partial charge in [-0.2, -0.15) is 0 Å². The second-order valence-electron chi connectivity index (χ2n) is 4.65. The zero-order valence-corrected chi connectivity index (χ0v) is 13.0. The Bertz CT molecular complexity index is 642. The van der Waals surface area contributed by atoms with E-state index < -0.39 is 4.92 Å². The van der Waals surface area contributed by atoms with Crippen molar-refractivity contribution in [3.8, 4) is 5.75 Å². The number of nitrogens with two attached hydrogens (primary N) is 1. The lowest BCUT2D eigenvalue weighted by Crippen LogP contribution is -2.04. The quantitative estimate of drug-likeness (QED) is 0.653. The van der Waals surface area contributed by atoms with E-state index in [1.165, 1.54) is 6.07 Å². The van der Waals surface area contributed by atoms with Crippen LogP contribution in [0.2, 0.25) is 0 Å². The summed E-state index contributed by atoms with van der Waals surface area (Å²) in [6.45, 7) is 2.16. The van der Waals surface area contributed by atoms with Gasteiger partial charge in [-0.3, -0.25) is 10.1 Å². The van der Waals surface area contributed by atoms with Crippen LogP contribution in [0, 0.1) is 10.1 Å². The van der Waals surface area contributed by atoms with Gasteiger partial charge in [-0.05, 0) is 40.5 Å². The predicted octanol–water partition coefficient (Wildman–Crippen LogP) is 3.96. The lowest BCUT2D eigenvalue weighted by atomic mass is 10.1. The van der Waals surface area contributed by atoms with Crippen molar-refractivity contribution in [1.29, 1.82) is 0 Å². The van der Waals surface area contributed by atoms with E-state index >= 15 is 0 Å². The molecular formula is C15H15BrN2O3. The number of nitro groups is 1. The van der Waals surface area contributed by atoms with Gasteiger partial charge in [-0.25, -0.2) is 0 Å². The summed E-state index contributed by atoms with van der Waals surface area (Å²) < 4.78 is 6.10. The van der Waals surface area contributed by atoms with Crippen LogP contribution in [0.1, 0.15) is 24.1 Å². The second-order valence-corrected chi connectivity index (χ2v) is 5.45. The maximum atomic E-state index is 10.9. The highest BCUT2D eigenvalue weighted by Crippen LogP contribution is 2.29. The van der Waals surface area contributed by atoms with Crippen molar-refractivity contribution in [1.82, 2.24) is 0 Å². The molecule has 21 heavy (non-hydrogen) atoms. The van der Waals surface area contributed by atoms with Crippen molar-refractivity contribution in [2.45, 2.75) is 19.6 Å². The van der Waals surface area contributed by atoms with E-state index in [1.807, 2.05) is 31.2 Å². The molecule has 0 saturated carbocycles. The molecule has 0 heterocycles. The Morgan fingerprint density at radius 1 is 1.29 bits per heavy atom. The largest absolute Gasteiger partial charge is 0.489 e. The Labute approximate surface area is 131 Å². The first-order valence-corrected chi connectivity index (χ1v) is 7.18. The zero-order chi connectivity index (χ0) is 15.4. The predicted molar refractivity (Wildman–Crippen MR) is 84.2 cm³/mol. The lowest BCUT2D eigenvalue weighted by Gasteiger charge is -2.10. The Hall–Kier alpha value is -1.92. The van der Waals surface area contributed by atoms with Gasteiger partial charge in [0.1, 0.15) is 16.8 Å². The van der Waals surface area contributed by atoms with Gasteiger partial charge in [0.2, 0.25) is 0 Å². The molecule has 2 aromatic rings. The maximum absolute atomic E-state index is 10.9. The Kier molecular flexibility index (Phi) is 4.93. The molecule has 0 amide bonds. The molecule has 0 aliphatic carbocycles. The number of halogens is 1. The molecule has 6 heteroatoms. The minimum absolute atomic E-state index is 0.0232. The third kappa shape index (κ3) is 3.80. The minimum Gasteiger partial charge on any atom is -0.489 e. The number of rotatable bonds is 5. The SMILES string of the molecule is C[C@H](N)c1ccc(OCc2cccc([N+](=O)[O-])c2Br)cc1. The number of benzene rings is 2. The van der Waals surface area contributed by atoms with Crippen LogP contribution in [0.15, 0.2) is 46.9 Å². The molecule has 0 saturated heterocycles. The average Bonchev–Trinajstić information content (AvgIpc) is 2.46. The summed E-state index contributed by atoms with van der Waals surface area (Å²) in [5.41, 5.74) is 7.56. The number of hydrogen-bond donors (Lipinski definition) is 1. The maximum Gasteiger partial charge on any atom is 0.283 e. The number of ether oxygens (including phenoxy) is 1. The van der Waals surface area contributed by atoms with E-state index in [2.05, 4.69) is 15.9 Å². The van der Waals surface area contributed by atoms with Gasteiger partial charge in [-0.1, -0.05) is 24.3 Å². The highest BCUT2D eigenvalue weighted by molar-refractivity contribution is 9.10. The van der Waals surface area contributed by atoms with Gasteiger partial charge in [0, 0.05) is 17.7 Å². The fourth-order valence-electron chi connectivity index (χ4n) is 1.85. The van der Waals surface area contributed by atoms with Gasteiger partial charge in [-0.15, -0.1) is 0 Å². The van der Waals surface area contributed by atoms with Crippen LogP contribution >= 0.6 is 15.9 Å². The molecule has 110 valence electrons. The Morgan fingerprint density at radius 3 is 2.52 bits per heavy atom. The zero-order valence-electron chi connectivity index (χ0n) is 11.5. The van der Waals surface area contributed by atoms with Crippen LogP contribution in [-0.2, 0) is 6.61 Å². The monoisotopic (exact) mass is 350 g/mol. The highest BCUT2D eigenvalue weighted by Gasteiger charge is 2.15. The normalized spacial score (nSPS) is 12.0. The fourth-order valence-corrected chi connectivity index (χ4v) is 2.37. The summed E-state index contributed by atoms with van der Waals surface area (Å²) >= 11 is 3.25. The van der Waals surface area contributed by atoms with Crippen LogP contribution < -0.4 is 10.5 Å². The van der Waals surface area contributed by atoms with Gasteiger partial charge in [0.25, 0.3) is 5.69 Å². The Morgan fingerprint density at radius 2 is 1.95 bits per heavy atom. The summed E-state index contributed by atoms with van der Waals surface area (Å²) in [6.07, 6.45) is 0. The van der Waals surface area contributed by atoms with Gasteiger partial charge < -0.3 is 10.5 Å². The molecule has 0 bridgehead atoms. The molecule has 0 radical (unpaired) electrons. The molecule has 0 unspecified atom stereocenters. The molecule has 0 aromatic heterocycles. The van der Waals surface area contributed by atoms with Crippen molar-refractivity contribution >= 4 is 21.6 Å². The second kappa shape index (κ2) is 6.69. The van der Waals surface area contributed by atoms with Gasteiger partial charge in [0.15, 0.2) is 0 Å². The summed E-state index contributed by atoms with van der Waals surface area (Å²) in [6, 6.07) is 12.3. The van der Waals surface area contributed by atoms with E-state index in [4.69, 9.17) is 10.5 Å². The van der Waals surface area contributed by atoms with E-state index in [-0.39, 0.29) is 18.3 Å². The van der Waals surface area contributed by atoms with Crippen molar-refractivity contribution < 1.29 is 9.66 Å². The molecule has 0 fully saturated rings. The third-order valence-corrected chi connectivity index (χ3v) is 3.97. The van der Waals surface area contributed by atoms with Crippen molar-refractivity contribution in [3.63, 3.8) is 0 Å². The molecular weight excluding hydrogens is 336 g/mol. The summed E-state index contributed by atoms with van der Waals surface area (Å²) in [4.78, 5) is 10.4. The molecule has 2 aromatic carbocycles. The summed E-state index contributed by atoms with van der Waals surface area (Å²) in [5, 5.41) is 10.9. The van der Waals surface area contributed by atoms with Gasteiger partial charge in [0.05, 0.1) is 4.92 Å². The third-order valence-electron chi connectivity index (χ3n) is 3.06. The molecule has 2 rings (SSSR count). The van der Waals surface area contributed by atoms with Crippen molar-refractivity contribution in [2.24, 2.45) is 5.73 Å². The van der Waals surface area contributed by atoms with Crippen LogP contribution in [0.25, 0.3) is 0 Å². The first-order chi connectivity index (χ1) is 9.99. The summed E-state index contributed by atoms with van der Waals surface area (Å²) in [5.74, 6) is 0.692. The Balaban J connectivity index is 2.09. The number of nitro benzene ring substituents is 1. The van der Waals surface area contributed by atoms with Crippen LogP contribution in [0.3, 0.4) is 0 Å². The molecule has 5 nitrogen and oxygen atoms in total. The fraction of sp³-hybridized carbons (Fsp3) is 0.200. The van der Waals surface area contributed by atoms with Crippen molar-refractivity contribution in [3.05, 3.63) is 68.2 Å². The standard InChI is InChI=1S/C15H15BrN2O3/c1-10(17)11-5-7-13(8-6-11)21-9-12-3-2-4-14(15(12)16)18(19)20/h2-8,10H,9,17H2,1H3/t10-/m0/s1. The summed E-state index contributed by atoms with van der Waals surface area (Å²) in [7, 11) is 0. The average molecular weight is 351 g/mol. The number of hydrogen-bond acceptors (Lipinski definition) is 4. The molecule has 0 spiro atoms.